The second-order valence-corrected chi connectivity index (χ2v) is 4.56. The van der Waals surface area contributed by atoms with Crippen LogP contribution in [0.2, 0.25) is 0 Å². The van der Waals surface area contributed by atoms with Crippen LogP contribution in [-0.4, -0.2) is 5.11 Å². The molecule has 2 aromatic carbocycles. The second kappa shape index (κ2) is 5.36. The van der Waals surface area contributed by atoms with Gasteiger partial charge in [-0.05, 0) is 48.4 Å². The Morgan fingerprint density at radius 1 is 1.11 bits per heavy atom. The van der Waals surface area contributed by atoms with Crippen molar-refractivity contribution in [1.29, 1.82) is 0 Å². The SMILES string of the molecule is Cc1ccc(F)cc1CC(O)c1cc(F)ccc1N. The molecule has 0 spiro atoms. The smallest absolute Gasteiger partial charge is 0.123 e. The van der Waals surface area contributed by atoms with Gasteiger partial charge in [-0.3, -0.25) is 0 Å². The van der Waals surface area contributed by atoms with Gasteiger partial charge in [-0.25, -0.2) is 8.78 Å². The lowest BCUT2D eigenvalue weighted by Gasteiger charge is -2.15. The molecule has 4 heteroatoms. The highest BCUT2D eigenvalue weighted by atomic mass is 19.1. The number of anilines is 1. The van der Waals surface area contributed by atoms with Crippen LogP contribution in [0.25, 0.3) is 0 Å². The fourth-order valence-corrected chi connectivity index (χ4v) is 2.01. The zero-order valence-corrected chi connectivity index (χ0v) is 10.5. The van der Waals surface area contributed by atoms with Crippen LogP contribution in [0.4, 0.5) is 14.5 Å². The maximum atomic E-state index is 13.2. The first-order valence-corrected chi connectivity index (χ1v) is 5.95. The Morgan fingerprint density at radius 3 is 2.47 bits per heavy atom. The summed E-state index contributed by atoms with van der Waals surface area (Å²) in [5, 5.41) is 10.1. The highest BCUT2D eigenvalue weighted by Gasteiger charge is 2.14. The van der Waals surface area contributed by atoms with Crippen molar-refractivity contribution in [3.8, 4) is 0 Å². The van der Waals surface area contributed by atoms with Crippen molar-refractivity contribution in [3.05, 3.63) is 64.7 Å². The summed E-state index contributed by atoms with van der Waals surface area (Å²) in [5.41, 5.74) is 7.90. The molecule has 2 rings (SSSR count). The average molecular weight is 263 g/mol. The van der Waals surface area contributed by atoms with Crippen LogP contribution < -0.4 is 5.73 Å². The molecule has 0 aliphatic carbocycles. The molecule has 1 atom stereocenters. The summed E-state index contributed by atoms with van der Waals surface area (Å²) in [7, 11) is 0. The molecule has 0 radical (unpaired) electrons. The number of hydrogen-bond acceptors (Lipinski definition) is 2. The highest BCUT2D eigenvalue weighted by Crippen LogP contribution is 2.26. The molecule has 3 N–H and O–H groups in total. The molecule has 0 saturated heterocycles. The van der Waals surface area contributed by atoms with Crippen LogP contribution in [0.1, 0.15) is 22.8 Å². The van der Waals surface area contributed by atoms with Crippen molar-refractivity contribution >= 4 is 5.69 Å². The van der Waals surface area contributed by atoms with Crippen molar-refractivity contribution in [2.45, 2.75) is 19.4 Å². The maximum Gasteiger partial charge on any atom is 0.123 e. The Kier molecular flexibility index (Phi) is 3.81. The molecule has 0 fully saturated rings. The molecule has 0 aliphatic heterocycles. The largest absolute Gasteiger partial charge is 0.398 e. The molecule has 0 heterocycles. The Balaban J connectivity index is 2.27. The van der Waals surface area contributed by atoms with E-state index in [-0.39, 0.29) is 12.2 Å². The number of nitrogen functional groups attached to an aromatic ring is 1. The normalized spacial score (nSPS) is 12.4. The quantitative estimate of drug-likeness (QED) is 0.836. The first-order chi connectivity index (χ1) is 8.97. The van der Waals surface area contributed by atoms with Crippen molar-refractivity contribution in [2.75, 3.05) is 5.73 Å². The highest BCUT2D eigenvalue weighted by molar-refractivity contribution is 5.48. The first-order valence-electron chi connectivity index (χ1n) is 5.95. The topological polar surface area (TPSA) is 46.2 Å². The number of halogens is 2. The molecule has 1 unspecified atom stereocenters. The van der Waals surface area contributed by atoms with E-state index in [4.69, 9.17) is 5.73 Å². The van der Waals surface area contributed by atoms with Gasteiger partial charge in [0, 0.05) is 17.7 Å². The Labute approximate surface area is 110 Å². The van der Waals surface area contributed by atoms with Crippen LogP contribution in [0.5, 0.6) is 0 Å². The fourth-order valence-electron chi connectivity index (χ4n) is 2.01. The van der Waals surface area contributed by atoms with E-state index in [0.29, 0.717) is 16.8 Å². The van der Waals surface area contributed by atoms with Gasteiger partial charge in [0.05, 0.1) is 6.10 Å². The number of benzene rings is 2. The van der Waals surface area contributed by atoms with Gasteiger partial charge in [0.1, 0.15) is 11.6 Å². The standard InChI is InChI=1S/C15H15F2NO/c1-9-2-3-11(16)6-10(9)7-15(19)13-8-12(17)4-5-14(13)18/h2-6,8,15,19H,7,18H2,1H3. The molecule has 0 amide bonds. The molecule has 0 bridgehead atoms. The zero-order valence-electron chi connectivity index (χ0n) is 10.5. The third-order valence-electron chi connectivity index (χ3n) is 3.13. The molecule has 0 saturated carbocycles. The van der Waals surface area contributed by atoms with Crippen LogP contribution in [0.3, 0.4) is 0 Å². The van der Waals surface area contributed by atoms with E-state index >= 15 is 0 Å². The van der Waals surface area contributed by atoms with Gasteiger partial charge in [-0.15, -0.1) is 0 Å². The van der Waals surface area contributed by atoms with Gasteiger partial charge in [0.15, 0.2) is 0 Å². The molecular weight excluding hydrogens is 248 g/mol. The predicted molar refractivity (Wildman–Crippen MR) is 70.6 cm³/mol. The van der Waals surface area contributed by atoms with E-state index in [1.807, 2.05) is 6.92 Å². The summed E-state index contributed by atoms with van der Waals surface area (Å²) in [6.07, 6.45) is -0.770. The van der Waals surface area contributed by atoms with Crippen LogP contribution in [-0.2, 0) is 6.42 Å². The second-order valence-electron chi connectivity index (χ2n) is 4.56. The van der Waals surface area contributed by atoms with Gasteiger partial charge >= 0.3 is 0 Å². The number of hydrogen-bond donors (Lipinski definition) is 2. The van der Waals surface area contributed by atoms with Crippen LogP contribution in [0, 0.1) is 18.6 Å². The minimum Gasteiger partial charge on any atom is -0.398 e. The predicted octanol–water partition coefficient (Wildman–Crippen LogP) is 3.13. The van der Waals surface area contributed by atoms with E-state index in [0.717, 1.165) is 5.56 Å². The zero-order chi connectivity index (χ0) is 14.0. The number of aliphatic hydroxyl groups is 1. The van der Waals surface area contributed by atoms with Gasteiger partial charge in [-0.2, -0.15) is 0 Å². The molecule has 2 nitrogen and oxygen atoms in total. The lowest BCUT2D eigenvalue weighted by atomic mass is 9.97. The summed E-state index contributed by atoms with van der Waals surface area (Å²) in [6.45, 7) is 1.83. The van der Waals surface area contributed by atoms with Crippen molar-refractivity contribution in [1.82, 2.24) is 0 Å². The number of nitrogens with two attached hydrogens (primary N) is 1. The van der Waals surface area contributed by atoms with E-state index in [9.17, 15) is 13.9 Å². The third kappa shape index (κ3) is 3.09. The van der Waals surface area contributed by atoms with Crippen LogP contribution in [0.15, 0.2) is 36.4 Å². The Hall–Kier alpha value is -1.94. The molecule has 0 aliphatic rings. The maximum absolute atomic E-state index is 13.2. The van der Waals surface area contributed by atoms with Gasteiger partial charge in [0.25, 0.3) is 0 Å². The molecule has 2 aromatic rings. The van der Waals surface area contributed by atoms with Crippen molar-refractivity contribution < 1.29 is 13.9 Å². The fraction of sp³-hybridized carbons (Fsp3) is 0.200. The van der Waals surface area contributed by atoms with E-state index in [2.05, 4.69) is 0 Å². The van der Waals surface area contributed by atoms with E-state index in [1.165, 1.54) is 30.3 Å². The molecule has 100 valence electrons. The minimum absolute atomic E-state index is 0.192. The Bertz CT molecular complexity index is 599. The number of aryl methyl sites for hydroxylation is 1. The summed E-state index contributed by atoms with van der Waals surface area (Å²) < 4.78 is 26.3. The average Bonchev–Trinajstić information content (AvgIpc) is 2.36. The van der Waals surface area contributed by atoms with Crippen LogP contribution >= 0.6 is 0 Å². The van der Waals surface area contributed by atoms with E-state index < -0.39 is 11.9 Å². The summed E-state index contributed by atoms with van der Waals surface area (Å²) in [5.74, 6) is -0.820. The summed E-state index contributed by atoms with van der Waals surface area (Å²) in [4.78, 5) is 0. The molecule has 0 aromatic heterocycles. The van der Waals surface area contributed by atoms with E-state index in [1.54, 1.807) is 6.07 Å². The van der Waals surface area contributed by atoms with Gasteiger partial charge < -0.3 is 10.8 Å². The van der Waals surface area contributed by atoms with Gasteiger partial charge in [0.2, 0.25) is 0 Å². The number of aliphatic hydroxyl groups excluding tert-OH is 1. The van der Waals surface area contributed by atoms with Crippen molar-refractivity contribution in [3.63, 3.8) is 0 Å². The lowest BCUT2D eigenvalue weighted by Crippen LogP contribution is -2.07. The Morgan fingerprint density at radius 2 is 1.74 bits per heavy atom. The lowest BCUT2D eigenvalue weighted by molar-refractivity contribution is 0.178. The number of rotatable bonds is 3. The molecule has 19 heavy (non-hydrogen) atoms. The van der Waals surface area contributed by atoms with Crippen molar-refractivity contribution in [2.24, 2.45) is 0 Å². The summed E-state index contributed by atoms with van der Waals surface area (Å²) >= 11 is 0. The minimum atomic E-state index is -0.962. The molecular formula is C15H15F2NO. The van der Waals surface area contributed by atoms with Gasteiger partial charge in [-0.1, -0.05) is 6.07 Å². The first kappa shape index (κ1) is 13.5. The summed E-state index contributed by atoms with van der Waals surface area (Å²) in [6, 6.07) is 8.22. The third-order valence-corrected chi connectivity index (χ3v) is 3.13. The monoisotopic (exact) mass is 263 g/mol.